The fraction of sp³-hybridized carbons (Fsp3) is 0. The molecule has 0 bridgehead atoms. The molecule has 0 aliphatic rings. The molecule has 144 valence electrons. The van der Waals surface area contributed by atoms with Gasteiger partial charge in [0.1, 0.15) is 11.3 Å². The van der Waals surface area contributed by atoms with E-state index in [1.807, 2.05) is 54.9 Å². The molecule has 0 unspecified atom stereocenters. The van der Waals surface area contributed by atoms with Crippen molar-refractivity contribution < 1.29 is 4.79 Å². The molecule has 0 fully saturated rings. The van der Waals surface area contributed by atoms with Crippen molar-refractivity contribution in [3.05, 3.63) is 109 Å². The molecule has 0 spiro atoms. The molecule has 3 heterocycles. The molecule has 0 saturated heterocycles. The number of amides is 1. The molecule has 30 heavy (non-hydrogen) atoms. The normalized spacial score (nSPS) is 10.8. The summed E-state index contributed by atoms with van der Waals surface area (Å²) < 4.78 is 2.08. The van der Waals surface area contributed by atoms with Crippen LogP contribution in [0, 0.1) is 0 Å². The number of rotatable bonds is 4. The molecule has 5 heteroatoms. The Balaban J connectivity index is 1.38. The molecule has 5 aromatic rings. The highest BCUT2D eigenvalue weighted by atomic mass is 16.1. The van der Waals surface area contributed by atoms with E-state index in [1.54, 1.807) is 24.4 Å². The first-order valence-electron chi connectivity index (χ1n) is 9.63. The molecular formula is C25H18N4O. The number of benzene rings is 2. The summed E-state index contributed by atoms with van der Waals surface area (Å²) in [5.74, 6) is -0.226. The van der Waals surface area contributed by atoms with Crippen LogP contribution in [-0.2, 0) is 0 Å². The second kappa shape index (κ2) is 7.64. The van der Waals surface area contributed by atoms with Gasteiger partial charge in [-0.15, -0.1) is 0 Å². The van der Waals surface area contributed by atoms with E-state index in [2.05, 4.69) is 44.0 Å². The van der Waals surface area contributed by atoms with E-state index in [0.717, 1.165) is 33.7 Å². The van der Waals surface area contributed by atoms with Gasteiger partial charge in [-0.1, -0.05) is 48.5 Å². The number of imidazole rings is 1. The quantitative estimate of drug-likeness (QED) is 0.452. The van der Waals surface area contributed by atoms with Gasteiger partial charge in [0.25, 0.3) is 5.91 Å². The zero-order valence-electron chi connectivity index (χ0n) is 16.1. The SMILES string of the molecule is O=C(Nc1ccc(-c2ccn3c(-c4ccccc4)cnc3c2)cc1)c1ccccn1. The van der Waals surface area contributed by atoms with Crippen molar-refractivity contribution in [2.24, 2.45) is 0 Å². The Morgan fingerprint density at radius 2 is 1.57 bits per heavy atom. The highest BCUT2D eigenvalue weighted by molar-refractivity contribution is 6.02. The summed E-state index contributed by atoms with van der Waals surface area (Å²) in [4.78, 5) is 20.9. The number of nitrogens with one attached hydrogen (secondary N) is 1. The average Bonchev–Trinajstić information content (AvgIpc) is 3.24. The molecular weight excluding hydrogens is 372 g/mol. The van der Waals surface area contributed by atoms with Gasteiger partial charge in [-0.2, -0.15) is 0 Å². The van der Waals surface area contributed by atoms with E-state index in [4.69, 9.17) is 0 Å². The number of carbonyl (C=O) groups is 1. The van der Waals surface area contributed by atoms with Crippen LogP contribution in [0.15, 0.2) is 104 Å². The van der Waals surface area contributed by atoms with Crippen LogP contribution in [-0.4, -0.2) is 20.3 Å². The first-order valence-corrected chi connectivity index (χ1v) is 9.63. The van der Waals surface area contributed by atoms with Crippen LogP contribution in [0.25, 0.3) is 28.0 Å². The van der Waals surface area contributed by atoms with Crippen LogP contribution < -0.4 is 5.32 Å². The lowest BCUT2D eigenvalue weighted by Gasteiger charge is -2.08. The molecule has 1 amide bonds. The third-order valence-corrected chi connectivity index (χ3v) is 4.96. The minimum atomic E-state index is -0.226. The van der Waals surface area contributed by atoms with Gasteiger partial charge in [-0.3, -0.25) is 14.2 Å². The van der Waals surface area contributed by atoms with E-state index in [1.165, 1.54) is 0 Å². The summed E-state index contributed by atoms with van der Waals surface area (Å²) >= 11 is 0. The summed E-state index contributed by atoms with van der Waals surface area (Å²) in [7, 11) is 0. The summed E-state index contributed by atoms with van der Waals surface area (Å²) in [5.41, 5.74) is 6.31. The fourth-order valence-corrected chi connectivity index (χ4v) is 3.42. The van der Waals surface area contributed by atoms with Gasteiger partial charge in [0.05, 0.1) is 11.9 Å². The summed E-state index contributed by atoms with van der Waals surface area (Å²) in [6.45, 7) is 0. The number of hydrogen-bond acceptors (Lipinski definition) is 3. The van der Waals surface area contributed by atoms with E-state index in [-0.39, 0.29) is 5.91 Å². The topological polar surface area (TPSA) is 59.3 Å². The van der Waals surface area contributed by atoms with Gasteiger partial charge in [0, 0.05) is 23.6 Å². The molecule has 0 aliphatic carbocycles. The predicted molar refractivity (Wildman–Crippen MR) is 118 cm³/mol. The molecule has 1 N–H and O–H groups in total. The lowest BCUT2D eigenvalue weighted by atomic mass is 10.1. The standard InChI is InChI=1S/C25H18N4O/c30-25(22-8-4-5-14-26-22)28-21-11-9-18(10-12-21)20-13-15-29-23(17-27-24(29)16-20)19-6-2-1-3-7-19/h1-17H,(H,28,30). The molecule has 0 atom stereocenters. The van der Waals surface area contributed by atoms with Crippen LogP contribution in [0.2, 0.25) is 0 Å². The largest absolute Gasteiger partial charge is 0.321 e. The third-order valence-electron chi connectivity index (χ3n) is 4.96. The number of fused-ring (bicyclic) bond motifs is 1. The second-order valence-electron chi connectivity index (χ2n) is 6.90. The highest BCUT2D eigenvalue weighted by Gasteiger charge is 2.09. The van der Waals surface area contributed by atoms with Gasteiger partial charge in [0.15, 0.2) is 0 Å². The summed E-state index contributed by atoms with van der Waals surface area (Å²) in [5, 5.41) is 2.87. The van der Waals surface area contributed by atoms with Crippen LogP contribution >= 0.6 is 0 Å². The maximum Gasteiger partial charge on any atom is 0.274 e. The van der Waals surface area contributed by atoms with Crippen molar-refractivity contribution in [3.63, 3.8) is 0 Å². The van der Waals surface area contributed by atoms with Crippen molar-refractivity contribution in [2.75, 3.05) is 5.32 Å². The van der Waals surface area contributed by atoms with Gasteiger partial charge < -0.3 is 5.32 Å². The maximum absolute atomic E-state index is 12.3. The Kier molecular flexibility index (Phi) is 4.54. The zero-order chi connectivity index (χ0) is 20.3. The molecule has 2 aromatic carbocycles. The molecule has 3 aromatic heterocycles. The number of aromatic nitrogens is 3. The van der Waals surface area contributed by atoms with Crippen LogP contribution in [0.3, 0.4) is 0 Å². The molecule has 0 aliphatic heterocycles. The lowest BCUT2D eigenvalue weighted by molar-refractivity contribution is 0.102. The second-order valence-corrected chi connectivity index (χ2v) is 6.90. The monoisotopic (exact) mass is 390 g/mol. The first-order chi connectivity index (χ1) is 14.8. The summed E-state index contributed by atoms with van der Waals surface area (Å²) in [6, 6.07) is 27.4. The lowest BCUT2D eigenvalue weighted by Crippen LogP contribution is -2.13. The van der Waals surface area contributed by atoms with Crippen molar-refractivity contribution in [2.45, 2.75) is 0 Å². The van der Waals surface area contributed by atoms with Crippen molar-refractivity contribution in [3.8, 4) is 22.4 Å². The zero-order valence-corrected chi connectivity index (χ0v) is 16.1. The Morgan fingerprint density at radius 3 is 2.33 bits per heavy atom. The fourth-order valence-electron chi connectivity index (χ4n) is 3.42. The van der Waals surface area contributed by atoms with Gasteiger partial charge in [0.2, 0.25) is 0 Å². The molecule has 5 nitrogen and oxygen atoms in total. The Bertz CT molecular complexity index is 1310. The Labute approximate surface area is 173 Å². The summed E-state index contributed by atoms with van der Waals surface area (Å²) in [6.07, 6.45) is 5.54. The minimum absolute atomic E-state index is 0.226. The molecule has 5 rings (SSSR count). The van der Waals surface area contributed by atoms with Crippen LogP contribution in [0.5, 0.6) is 0 Å². The minimum Gasteiger partial charge on any atom is -0.321 e. The number of pyridine rings is 2. The number of nitrogens with zero attached hydrogens (tertiary/aromatic N) is 3. The number of carbonyl (C=O) groups excluding carboxylic acids is 1. The number of anilines is 1. The average molecular weight is 390 g/mol. The van der Waals surface area contributed by atoms with Crippen molar-refractivity contribution in [1.29, 1.82) is 0 Å². The predicted octanol–water partition coefficient (Wildman–Crippen LogP) is 5.32. The number of hydrogen-bond donors (Lipinski definition) is 1. The maximum atomic E-state index is 12.3. The van der Waals surface area contributed by atoms with E-state index in [0.29, 0.717) is 5.69 Å². The van der Waals surface area contributed by atoms with Gasteiger partial charge in [-0.05, 0) is 47.5 Å². The van der Waals surface area contributed by atoms with E-state index in [9.17, 15) is 4.79 Å². The van der Waals surface area contributed by atoms with Crippen LogP contribution in [0.4, 0.5) is 5.69 Å². The first kappa shape index (κ1) is 17.8. The molecule has 0 saturated carbocycles. The highest BCUT2D eigenvalue weighted by Crippen LogP contribution is 2.26. The van der Waals surface area contributed by atoms with Gasteiger partial charge >= 0.3 is 0 Å². The van der Waals surface area contributed by atoms with Crippen molar-refractivity contribution in [1.82, 2.24) is 14.4 Å². The smallest absolute Gasteiger partial charge is 0.274 e. The van der Waals surface area contributed by atoms with E-state index < -0.39 is 0 Å². The van der Waals surface area contributed by atoms with Crippen molar-refractivity contribution >= 4 is 17.2 Å². The van der Waals surface area contributed by atoms with E-state index >= 15 is 0 Å². The third kappa shape index (κ3) is 3.44. The Morgan fingerprint density at radius 1 is 0.767 bits per heavy atom. The van der Waals surface area contributed by atoms with Crippen LogP contribution in [0.1, 0.15) is 10.5 Å². The Hall–Kier alpha value is -4.25. The van der Waals surface area contributed by atoms with Gasteiger partial charge in [-0.25, -0.2) is 4.98 Å². The molecule has 0 radical (unpaired) electrons.